The quantitative estimate of drug-likeness (QED) is 0.533. The van der Waals surface area contributed by atoms with Gasteiger partial charge in [0.2, 0.25) is 5.91 Å². The number of hydrogen-bond acceptors (Lipinski definition) is 5. The Morgan fingerprint density at radius 3 is 2.52 bits per heavy atom. The SMILES string of the molecule is COc1ccc(-c2nn(CC(=O)NCCCc3ccccc3F)c(=O)cc2OC)cc1. The largest absolute Gasteiger partial charge is 0.497 e. The molecule has 0 saturated heterocycles. The maximum atomic E-state index is 13.6. The molecular weight excluding hydrogens is 401 g/mol. The van der Waals surface area contributed by atoms with Gasteiger partial charge in [-0.3, -0.25) is 9.59 Å². The lowest BCUT2D eigenvalue weighted by atomic mass is 10.1. The number of carbonyl (C=O) groups is 1. The molecule has 0 atom stereocenters. The van der Waals surface area contributed by atoms with E-state index in [-0.39, 0.29) is 18.3 Å². The van der Waals surface area contributed by atoms with E-state index in [4.69, 9.17) is 9.47 Å². The summed E-state index contributed by atoms with van der Waals surface area (Å²) in [6, 6.07) is 15.0. The Bertz CT molecular complexity index is 1100. The first kappa shape index (κ1) is 22.0. The first-order valence-electron chi connectivity index (χ1n) is 9.82. The maximum Gasteiger partial charge on any atom is 0.270 e. The molecule has 1 N–H and O–H groups in total. The van der Waals surface area contributed by atoms with Gasteiger partial charge in [-0.25, -0.2) is 9.07 Å². The van der Waals surface area contributed by atoms with E-state index in [1.807, 2.05) is 0 Å². The lowest BCUT2D eigenvalue weighted by Crippen LogP contribution is -2.34. The van der Waals surface area contributed by atoms with Crippen LogP contribution >= 0.6 is 0 Å². The Morgan fingerprint density at radius 1 is 1.10 bits per heavy atom. The van der Waals surface area contributed by atoms with E-state index in [2.05, 4.69) is 10.4 Å². The van der Waals surface area contributed by atoms with Crippen molar-refractivity contribution in [2.75, 3.05) is 20.8 Å². The highest BCUT2D eigenvalue weighted by Crippen LogP contribution is 2.27. The van der Waals surface area contributed by atoms with Crippen LogP contribution in [0, 0.1) is 5.82 Å². The van der Waals surface area contributed by atoms with E-state index in [1.54, 1.807) is 49.6 Å². The Balaban J connectivity index is 1.65. The predicted molar refractivity (Wildman–Crippen MR) is 115 cm³/mol. The van der Waals surface area contributed by atoms with Crippen molar-refractivity contribution in [1.29, 1.82) is 0 Å². The Hall–Kier alpha value is -3.68. The molecule has 3 rings (SSSR count). The highest BCUT2D eigenvalue weighted by molar-refractivity contribution is 5.75. The van der Waals surface area contributed by atoms with E-state index in [0.717, 1.165) is 10.2 Å². The molecule has 1 amide bonds. The molecule has 0 spiro atoms. The third kappa shape index (κ3) is 5.69. The zero-order valence-corrected chi connectivity index (χ0v) is 17.4. The highest BCUT2D eigenvalue weighted by atomic mass is 19.1. The van der Waals surface area contributed by atoms with E-state index in [9.17, 15) is 14.0 Å². The van der Waals surface area contributed by atoms with Crippen LogP contribution in [0.3, 0.4) is 0 Å². The van der Waals surface area contributed by atoms with E-state index in [1.165, 1.54) is 19.2 Å². The number of halogens is 1. The number of carbonyl (C=O) groups excluding carboxylic acids is 1. The molecule has 0 saturated carbocycles. The molecular formula is C23H24FN3O4. The van der Waals surface area contributed by atoms with Gasteiger partial charge < -0.3 is 14.8 Å². The van der Waals surface area contributed by atoms with Crippen molar-refractivity contribution in [1.82, 2.24) is 15.1 Å². The molecule has 0 radical (unpaired) electrons. The number of benzene rings is 2. The minimum absolute atomic E-state index is 0.230. The smallest absolute Gasteiger partial charge is 0.270 e. The van der Waals surface area contributed by atoms with Crippen molar-refractivity contribution in [2.24, 2.45) is 0 Å². The van der Waals surface area contributed by atoms with E-state index in [0.29, 0.717) is 42.1 Å². The fraction of sp³-hybridized carbons (Fsp3) is 0.261. The Kier molecular flexibility index (Phi) is 7.37. The number of nitrogens with zero attached hydrogens (tertiary/aromatic N) is 2. The molecule has 1 aromatic heterocycles. The minimum Gasteiger partial charge on any atom is -0.497 e. The number of amides is 1. The molecule has 1 heterocycles. The van der Waals surface area contributed by atoms with Gasteiger partial charge in [-0.15, -0.1) is 0 Å². The molecule has 0 fully saturated rings. The van der Waals surface area contributed by atoms with Crippen molar-refractivity contribution >= 4 is 5.91 Å². The molecule has 0 unspecified atom stereocenters. The Labute approximate surface area is 179 Å². The van der Waals surface area contributed by atoms with Gasteiger partial charge in [0.05, 0.1) is 14.2 Å². The average Bonchev–Trinajstić information content (AvgIpc) is 2.79. The van der Waals surface area contributed by atoms with Crippen LogP contribution in [0.5, 0.6) is 11.5 Å². The lowest BCUT2D eigenvalue weighted by molar-refractivity contribution is -0.121. The van der Waals surface area contributed by atoms with Crippen LogP contribution in [-0.2, 0) is 17.8 Å². The molecule has 0 aliphatic carbocycles. The number of nitrogens with one attached hydrogen (secondary N) is 1. The summed E-state index contributed by atoms with van der Waals surface area (Å²) in [6.07, 6.45) is 1.09. The summed E-state index contributed by atoms with van der Waals surface area (Å²) in [5, 5.41) is 7.07. The number of hydrogen-bond donors (Lipinski definition) is 1. The number of aryl methyl sites for hydroxylation is 1. The van der Waals surface area contributed by atoms with Gasteiger partial charge in [0.15, 0.2) is 5.75 Å². The molecule has 0 aliphatic heterocycles. The number of aromatic nitrogens is 2. The fourth-order valence-corrected chi connectivity index (χ4v) is 3.09. The van der Waals surface area contributed by atoms with Crippen molar-refractivity contribution in [3.63, 3.8) is 0 Å². The second kappa shape index (κ2) is 10.4. The van der Waals surface area contributed by atoms with Gasteiger partial charge in [0.1, 0.15) is 23.8 Å². The predicted octanol–water partition coefficient (Wildman–Crippen LogP) is 2.82. The molecule has 8 heteroatoms. The summed E-state index contributed by atoms with van der Waals surface area (Å²) in [4.78, 5) is 24.6. The third-order valence-corrected chi connectivity index (χ3v) is 4.74. The molecule has 0 aliphatic rings. The molecule has 162 valence electrons. The highest BCUT2D eigenvalue weighted by Gasteiger charge is 2.14. The monoisotopic (exact) mass is 425 g/mol. The van der Waals surface area contributed by atoms with Gasteiger partial charge in [0, 0.05) is 18.2 Å². The van der Waals surface area contributed by atoms with Gasteiger partial charge in [0.25, 0.3) is 5.56 Å². The van der Waals surface area contributed by atoms with Crippen molar-refractivity contribution in [3.8, 4) is 22.8 Å². The number of rotatable bonds is 9. The summed E-state index contributed by atoms with van der Waals surface area (Å²) in [5.41, 5.74) is 1.32. The second-order valence-electron chi connectivity index (χ2n) is 6.83. The third-order valence-electron chi connectivity index (χ3n) is 4.74. The van der Waals surface area contributed by atoms with Crippen molar-refractivity contribution in [2.45, 2.75) is 19.4 Å². The summed E-state index contributed by atoms with van der Waals surface area (Å²) in [7, 11) is 3.03. The molecule has 3 aromatic rings. The van der Waals surface area contributed by atoms with Crippen LogP contribution in [0.25, 0.3) is 11.3 Å². The van der Waals surface area contributed by atoms with Crippen LogP contribution in [0.15, 0.2) is 59.4 Å². The number of ether oxygens (including phenoxy) is 2. The van der Waals surface area contributed by atoms with Crippen LogP contribution < -0.4 is 20.3 Å². The zero-order chi connectivity index (χ0) is 22.2. The number of methoxy groups -OCH3 is 2. The van der Waals surface area contributed by atoms with Crippen LogP contribution in [0.4, 0.5) is 4.39 Å². The average molecular weight is 425 g/mol. The second-order valence-corrected chi connectivity index (χ2v) is 6.83. The topological polar surface area (TPSA) is 82.5 Å². The standard InChI is InChI=1S/C23H24FN3O4/c1-30-18-11-9-17(10-12-18)23-20(31-2)14-22(29)27(26-23)15-21(28)25-13-5-7-16-6-3-4-8-19(16)24/h3-4,6,8-12,14H,5,7,13,15H2,1-2H3,(H,25,28). The molecule has 31 heavy (non-hydrogen) atoms. The van der Waals surface area contributed by atoms with Gasteiger partial charge in [-0.1, -0.05) is 18.2 Å². The van der Waals surface area contributed by atoms with Crippen molar-refractivity contribution < 1.29 is 18.7 Å². The zero-order valence-electron chi connectivity index (χ0n) is 17.4. The first-order chi connectivity index (χ1) is 15.0. The Morgan fingerprint density at radius 2 is 1.84 bits per heavy atom. The molecule has 2 aromatic carbocycles. The van der Waals surface area contributed by atoms with Gasteiger partial charge >= 0.3 is 0 Å². The summed E-state index contributed by atoms with van der Waals surface area (Å²) in [6.45, 7) is 0.134. The normalized spacial score (nSPS) is 10.5. The van der Waals surface area contributed by atoms with Crippen LogP contribution in [0.1, 0.15) is 12.0 Å². The van der Waals surface area contributed by atoms with Gasteiger partial charge in [-0.05, 0) is 48.7 Å². The van der Waals surface area contributed by atoms with Crippen molar-refractivity contribution in [3.05, 3.63) is 76.3 Å². The summed E-state index contributed by atoms with van der Waals surface area (Å²) >= 11 is 0. The van der Waals surface area contributed by atoms with Crippen LogP contribution in [0.2, 0.25) is 0 Å². The first-order valence-corrected chi connectivity index (χ1v) is 9.82. The van der Waals surface area contributed by atoms with E-state index >= 15 is 0 Å². The summed E-state index contributed by atoms with van der Waals surface area (Å²) < 4.78 is 25.2. The summed E-state index contributed by atoms with van der Waals surface area (Å²) in [5.74, 6) is 0.394. The maximum absolute atomic E-state index is 13.6. The lowest BCUT2D eigenvalue weighted by Gasteiger charge is -2.12. The van der Waals surface area contributed by atoms with Crippen LogP contribution in [-0.4, -0.2) is 36.5 Å². The molecule has 0 bridgehead atoms. The molecule has 7 nitrogen and oxygen atoms in total. The minimum atomic E-state index is -0.449. The van der Waals surface area contributed by atoms with Gasteiger partial charge in [-0.2, -0.15) is 5.10 Å². The van der Waals surface area contributed by atoms with E-state index < -0.39 is 5.56 Å². The fourth-order valence-electron chi connectivity index (χ4n) is 3.09.